The molecule has 0 saturated heterocycles. The van der Waals surface area contributed by atoms with Gasteiger partial charge in [-0.3, -0.25) is 4.98 Å². The molecule has 0 spiro atoms. The van der Waals surface area contributed by atoms with Gasteiger partial charge in [-0.15, -0.1) is 0 Å². The number of nitrogens with zero attached hydrogens (tertiary/aromatic N) is 1. The Morgan fingerprint density at radius 1 is 1.06 bits per heavy atom. The number of benzene rings is 1. The van der Waals surface area contributed by atoms with Crippen LogP contribution in [0, 0.1) is 11.6 Å². The molecule has 2 rings (SSSR count). The van der Waals surface area contributed by atoms with Crippen LogP contribution in [0.2, 0.25) is 0 Å². The van der Waals surface area contributed by atoms with Gasteiger partial charge in [0.25, 0.3) is 0 Å². The minimum absolute atomic E-state index is 0.0458. The molecule has 4 heteroatoms. The first-order valence-electron chi connectivity index (χ1n) is 4.80. The zero-order chi connectivity index (χ0) is 11.5. The number of halogens is 2. The Balaban J connectivity index is 2.57. The second-order valence-corrected chi connectivity index (χ2v) is 3.36. The lowest BCUT2D eigenvalue weighted by Gasteiger charge is -2.06. The molecule has 82 valence electrons. The summed E-state index contributed by atoms with van der Waals surface area (Å²) in [5.74, 6) is -1.21. The van der Waals surface area contributed by atoms with E-state index in [1.807, 2.05) is 0 Å². The predicted molar refractivity (Wildman–Crippen MR) is 57.5 cm³/mol. The van der Waals surface area contributed by atoms with Crippen LogP contribution >= 0.6 is 0 Å². The molecule has 2 nitrogen and oxygen atoms in total. The Kier molecular flexibility index (Phi) is 2.92. The maximum Gasteiger partial charge on any atom is 0.133 e. The van der Waals surface area contributed by atoms with Crippen LogP contribution in [0.5, 0.6) is 0 Å². The first kappa shape index (κ1) is 10.7. The lowest BCUT2D eigenvalue weighted by atomic mass is 10.0. The highest BCUT2D eigenvalue weighted by Crippen LogP contribution is 2.24. The molecule has 0 radical (unpaired) electrons. The lowest BCUT2D eigenvalue weighted by Crippen LogP contribution is -2.01. The van der Waals surface area contributed by atoms with Gasteiger partial charge in [0.15, 0.2) is 0 Å². The third-order valence-electron chi connectivity index (χ3n) is 2.35. The van der Waals surface area contributed by atoms with Gasteiger partial charge in [0.1, 0.15) is 11.6 Å². The Morgan fingerprint density at radius 2 is 1.75 bits per heavy atom. The highest BCUT2D eigenvalue weighted by molar-refractivity contribution is 5.64. The van der Waals surface area contributed by atoms with E-state index >= 15 is 0 Å². The number of hydrogen-bond acceptors (Lipinski definition) is 2. The summed E-state index contributed by atoms with van der Waals surface area (Å²) in [5, 5.41) is 0. The second kappa shape index (κ2) is 4.37. The van der Waals surface area contributed by atoms with Crippen LogP contribution in [-0.2, 0) is 6.54 Å². The predicted octanol–water partition coefficient (Wildman–Crippen LogP) is 2.49. The van der Waals surface area contributed by atoms with E-state index in [0.29, 0.717) is 16.7 Å². The number of aromatic nitrogens is 1. The second-order valence-electron chi connectivity index (χ2n) is 3.36. The van der Waals surface area contributed by atoms with E-state index < -0.39 is 11.6 Å². The summed E-state index contributed by atoms with van der Waals surface area (Å²) in [4.78, 5) is 3.84. The van der Waals surface area contributed by atoms with Crippen LogP contribution < -0.4 is 5.73 Å². The summed E-state index contributed by atoms with van der Waals surface area (Å²) in [5.41, 5.74) is 6.66. The van der Waals surface area contributed by atoms with E-state index in [1.54, 1.807) is 24.5 Å². The van der Waals surface area contributed by atoms with Gasteiger partial charge in [-0.2, -0.15) is 0 Å². The number of hydrogen-bond donors (Lipinski definition) is 1. The number of rotatable bonds is 2. The largest absolute Gasteiger partial charge is 0.326 e. The highest BCUT2D eigenvalue weighted by Gasteiger charge is 2.10. The van der Waals surface area contributed by atoms with E-state index in [4.69, 9.17) is 5.73 Å². The van der Waals surface area contributed by atoms with Crippen molar-refractivity contribution in [2.45, 2.75) is 6.54 Å². The van der Waals surface area contributed by atoms with E-state index in [1.165, 1.54) is 6.07 Å². The van der Waals surface area contributed by atoms with Crippen LogP contribution in [0.25, 0.3) is 11.1 Å². The Hall–Kier alpha value is -1.81. The molecular formula is C12H10F2N2. The Labute approximate surface area is 91.7 Å². The molecule has 1 aromatic heterocycles. The van der Waals surface area contributed by atoms with Crippen molar-refractivity contribution < 1.29 is 8.78 Å². The third kappa shape index (κ3) is 1.92. The van der Waals surface area contributed by atoms with Crippen LogP contribution in [0.3, 0.4) is 0 Å². The number of pyridine rings is 1. The van der Waals surface area contributed by atoms with Crippen LogP contribution in [-0.4, -0.2) is 4.98 Å². The van der Waals surface area contributed by atoms with Crippen LogP contribution in [0.1, 0.15) is 5.56 Å². The monoisotopic (exact) mass is 220 g/mol. The minimum atomic E-state index is -0.613. The summed E-state index contributed by atoms with van der Waals surface area (Å²) in [6, 6.07) is 5.62. The van der Waals surface area contributed by atoms with Crippen molar-refractivity contribution in [1.82, 2.24) is 4.98 Å². The molecule has 0 aliphatic rings. The van der Waals surface area contributed by atoms with E-state index in [2.05, 4.69) is 4.98 Å². The average Bonchev–Trinajstić information content (AvgIpc) is 2.30. The smallest absolute Gasteiger partial charge is 0.133 e. The fraction of sp³-hybridized carbons (Fsp3) is 0.0833. The molecule has 0 saturated carbocycles. The summed E-state index contributed by atoms with van der Waals surface area (Å²) in [7, 11) is 0. The van der Waals surface area contributed by atoms with Gasteiger partial charge in [-0.1, -0.05) is 0 Å². The molecule has 1 heterocycles. The van der Waals surface area contributed by atoms with Crippen molar-refractivity contribution in [2.24, 2.45) is 5.73 Å². The van der Waals surface area contributed by atoms with Gasteiger partial charge >= 0.3 is 0 Å². The fourth-order valence-corrected chi connectivity index (χ4v) is 1.50. The van der Waals surface area contributed by atoms with Crippen molar-refractivity contribution in [3.8, 4) is 11.1 Å². The molecular weight excluding hydrogens is 210 g/mol. The minimum Gasteiger partial charge on any atom is -0.326 e. The number of nitrogens with two attached hydrogens (primary N) is 1. The quantitative estimate of drug-likeness (QED) is 0.844. The molecule has 16 heavy (non-hydrogen) atoms. The summed E-state index contributed by atoms with van der Waals surface area (Å²) in [6.07, 6.45) is 3.11. The average molecular weight is 220 g/mol. The van der Waals surface area contributed by atoms with Crippen molar-refractivity contribution in [1.29, 1.82) is 0 Å². The van der Waals surface area contributed by atoms with Gasteiger partial charge in [0.2, 0.25) is 0 Å². The van der Waals surface area contributed by atoms with Crippen LogP contribution in [0.4, 0.5) is 8.78 Å². The van der Waals surface area contributed by atoms with Gasteiger partial charge in [0.05, 0.1) is 0 Å². The zero-order valence-electron chi connectivity index (χ0n) is 8.45. The van der Waals surface area contributed by atoms with E-state index in [-0.39, 0.29) is 6.54 Å². The molecule has 0 atom stereocenters. The molecule has 2 N–H and O–H groups in total. The summed E-state index contributed by atoms with van der Waals surface area (Å²) < 4.78 is 26.8. The van der Waals surface area contributed by atoms with Gasteiger partial charge in [0, 0.05) is 36.1 Å². The molecule has 0 unspecified atom stereocenters. The summed E-state index contributed by atoms with van der Waals surface area (Å²) >= 11 is 0. The SMILES string of the molecule is NCc1cc(-c2ccncc2)c(F)cc1F. The topological polar surface area (TPSA) is 38.9 Å². The molecule has 0 bridgehead atoms. The normalized spacial score (nSPS) is 10.4. The van der Waals surface area contributed by atoms with Crippen LogP contribution in [0.15, 0.2) is 36.7 Å². The third-order valence-corrected chi connectivity index (χ3v) is 2.35. The van der Waals surface area contributed by atoms with Crippen molar-refractivity contribution >= 4 is 0 Å². The van der Waals surface area contributed by atoms with Gasteiger partial charge in [-0.25, -0.2) is 8.78 Å². The molecule has 2 aromatic rings. The van der Waals surface area contributed by atoms with Gasteiger partial charge in [-0.05, 0) is 23.8 Å². The van der Waals surface area contributed by atoms with Gasteiger partial charge < -0.3 is 5.73 Å². The Morgan fingerprint density at radius 3 is 2.38 bits per heavy atom. The standard InChI is InChI=1S/C12H10F2N2/c13-11-6-12(14)10(5-9(11)7-15)8-1-3-16-4-2-8/h1-6H,7,15H2. The molecule has 1 aromatic carbocycles. The van der Waals surface area contributed by atoms with Crippen molar-refractivity contribution in [3.63, 3.8) is 0 Å². The van der Waals surface area contributed by atoms with Crippen molar-refractivity contribution in [2.75, 3.05) is 0 Å². The summed E-state index contributed by atoms with van der Waals surface area (Å²) in [6.45, 7) is 0.0458. The first-order valence-corrected chi connectivity index (χ1v) is 4.80. The Bertz CT molecular complexity index is 498. The first-order chi connectivity index (χ1) is 7.72. The molecule has 0 aliphatic heterocycles. The van der Waals surface area contributed by atoms with E-state index in [9.17, 15) is 8.78 Å². The molecule has 0 fully saturated rings. The fourth-order valence-electron chi connectivity index (χ4n) is 1.50. The maximum absolute atomic E-state index is 13.6. The van der Waals surface area contributed by atoms with Crippen molar-refractivity contribution in [3.05, 3.63) is 53.9 Å². The zero-order valence-corrected chi connectivity index (χ0v) is 8.45. The molecule has 0 amide bonds. The van der Waals surface area contributed by atoms with E-state index in [0.717, 1.165) is 6.07 Å². The highest BCUT2D eigenvalue weighted by atomic mass is 19.1. The molecule has 0 aliphatic carbocycles. The lowest BCUT2D eigenvalue weighted by molar-refractivity contribution is 0.574. The maximum atomic E-state index is 13.6.